The van der Waals surface area contributed by atoms with E-state index >= 15 is 0 Å². The van der Waals surface area contributed by atoms with Gasteiger partial charge in [-0.1, -0.05) is 79.8 Å². The van der Waals surface area contributed by atoms with Crippen molar-refractivity contribution >= 4 is 0 Å². The summed E-state index contributed by atoms with van der Waals surface area (Å²) < 4.78 is 0. The van der Waals surface area contributed by atoms with E-state index in [-0.39, 0.29) is 0 Å². The average Bonchev–Trinajstić information content (AvgIpc) is 3.10. The molecule has 4 rings (SSSR count). The molecule has 21 heavy (non-hydrogen) atoms. The van der Waals surface area contributed by atoms with Crippen LogP contribution in [0.5, 0.6) is 0 Å². The Hall–Kier alpha value is -2.34. The van der Waals surface area contributed by atoms with Crippen LogP contribution in [0.1, 0.15) is 30.4 Å². The fourth-order valence-electron chi connectivity index (χ4n) is 3.54. The second kappa shape index (κ2) is 4.89. The van der Waals surface area contributed by atoms with Gasteiger partial charge >= 0.3 is 0 Å². The number of allylic oxidation sites excluding steroid dienone is 6. The van der Waals surface area contributed by atoms with Crippen molar-refractivity contribution in [2.75, 3.05) is 0 Å². The molecule has 0 radical (unpaired) electrons. The normalized spacial score (nSPS) is 18.0. The van der Waals surface area contributed by atoms with Gasteiger partial charge in [0.2, 0.25) is 0 Å². The summed E-state index contributed by atoms with van der Waals surface area (Å²) in [4.78, 5) is 0. The molecule has 2 aromatic carbocycles. The van der Waals surface area contributed by atoms with Gasteiger partial charge in [0.1, 0.15) is 0 Å². The quantitative estimate of drug-likeness (QED) is 0.663. The minimum absolute atomic E-state index is 0.386. The number of benzene rings is 2. The van der Waals surface area contributed by atoms with Crippen molar-refractivity contribution in [1.29, 1.82) is 0 Å². The molecule has 0 saturated carbocycles. The molecule has 0 fully saturated rings. The van der Waals surface area contributed by atoms with Gasteiger partial charge in [0.25, 0.3) is 0 Å². The predicted octanol–water partition coefficient (Wildman–Crippen LogP) is 5.63. The van der Waals surface area contributed by atoms with Gasteiger partial charge in [-0.15, -0.1) is 0 Å². The van der Waals surface area contributed by atoms with Crippen LogP contribution in [0.2, 0.25) is 0 Å². The summed E-state index contributed by atoms with van der Waals surface area (Å²) in [6.45, 7) is 2.19. The Morgan fingerprint density at radius 1 is 0.857 bits per heavy atom. The Labute approximate surface area is 126 Å². The third-order valence-electron chi connectivity index (χ3n) is 4.41. The molecule has 0 heterocycles. The lowest BCUT2D eigenvalue weighted by Gasteiger charge is -2.13. The molecular weight excluding hydrogens is 252 g/mol. The van der Waals surface area contributed by atoms with E-state index in [0.717, 1.165) is 6.42 Å². The maximum atomic E-state index is 2.34. The van der Waals surface area contributed by atoms with E-state index in [2.05, 4.69) is 79.8 Å². The van der Waals surface area contributed by atoms with Gasteiger partial charge in [0.05, 0.1) is 0 Å². The topological polar surface area (TPSA) is 0 Å². The second-order valence-corrected chi connectivity index (χ2v) is 5.70. The molecule has 102 valence electrons. The van der Waals surface area contributed by atoms with E-state index in [1.807, 2.05) is 0 Å². The molecule has 0 amide bonds. The van der Waals surface area contributed by atoms with E-state index in [9.17, 15) is 0 Å². The third kappa shape index (κ3) is 1.91. The lowest BCUT2D eigenvalue weighted by molar-refractivity contribution is 1.02. The van der Waals surface area contributed by atoms with Crippen LogP contribution in [-0.4, -0.2) is 0 Å². The Kier molecular flexibility index (Phi) is 2.89. The van der Waals surface area contributed by atoms with Gasteiger partial charge in [0, 0.05) is 5.92 Å². The molecule has 2 aliphatic carbocycles. The fourth-order valence-corrected chi connectivity index (χ4v) is 3.54. The molecular formula is C21H18. The van der Waals surface area contributed by atoms with Gasteiger partial charge in [-0.25, -0.2) is 0 Å². The molecule has 0 unspecified atom stereocenters. The summed E-state index contributed by atoms with van der Waals surface area (Å²) in [6, 6.07) is 17.6. The first kappa shape index (κ1) is 12.4. The monoisotopic (exact) mass is 270 g/mol. The first-order valence-electron chi connectivity index (χ1n) is 7.66. The molecule has 0 heteroatoms. The zero-order chi connectivity index (χ0) is 14.2. The summed E-state index contributed by atoms with van der Waals surface area (Å²) in [7, 11) is 0. The molecule has 0 bridgehead atoms. The SMILES string of the molecule is CCC=C1C=CC(C2c3ccccc3-c3ccccc32)=C1. The highest BCUT2D eigenvalue weighted by Crippen LogP contribution is 2.49. The van der Waals surface area contributed by atoms with Crippen LogP contribution in [0, 0.1) is 0 Å². The third-order valence-corrected chi connectivity index (χ3v) is 4.41. The average molecular weight is 270 g/mol. The van der Waals surface area contributed by atoms with Crippen molar-refractivity contribution in [3.05, 3.63) is 95.1 Å². The van der Waals surface area contributed by atoms with Crippen LogP contribution in [0.4, 0.5) is 0 Å². The molecule has 2 aromatic rings. The number of fused-ring (bicyclic) bond motifs is 3. The van der Waals surface area contributed by atoms with Crippen molar-refractivity contribution in [2.45, 2.75) is 19.3 Å². The first-order chi connectivity index (χ1) is 10.4. The van der Waals surface area contributed by atoms with E-state index in [4.69, 9.17) is 0 Å². The molecule has 0 aliphatic heterocycles. The van der Waals surface area contributed by atoms with Gasteiger partial charge in [0.15, 0.2) is 0 Å². The molecule has 2 aliphatic rings. The molecule has 0 atom stereocenters. The first-order valence-corrected chi connectivity index (χ1v) is 7.66. The standard InChI is InChI=1S/C21H18/c1-2-7-15-12-13-16(14-15)21-19-10-5-3-8-17(19)18-9-4-6-11-20(18)21/h3-14,21H,2H2,1H3. The number of rotatable bonds is 2. The molecule has 0 spiro atoms. The maximum absolute atomic E-state index is 2.34. The van der Waals surface area contributed by atoms with Crippen molar-refractivity contribution in [3.8, 4) is 11.1 Å². The Morgan fingerprint density at radius 3 is 2.10 bits per heavy atom. The molecule has 0 nitrogen and oxygen atoms in total. The Morgan fingerprint density at radius 2 is 1.48 bits per heavy atom. The predicted molar refractivity (Wildman–Crippen MR) is 89.3 cm³/mol. The number of hydrogen-bond donors (Lipinski definition) is 0. The number of hydrogen-bond acceptors (Lipinski definition) is 0. The Bertz CT molecular complexity index is 742. The van der Waals surface area contributed by atoms with Gasteiger partial charge < -0.3 is 0 Å². The zero-order valence-electron chi connectivity index (χ0n) is 12.2. The summed E-state index contributed by atoms with van der Waals surface area (Å²) in [5.74, 6) is 0.386. The minimum atomic E-state index is 0.386. The molecule has 0 N–H and O–H groups in total. The van der Waals surface area contributed by atoms with Crippen molar-refractivity contribution in [2.24, 2.45) is 0 Å². The summed E-state index contributed by atoms with van der Waals surface area (Å²) in [5, 5.41) is 0. The van der Waals surface area contributed by atoms with Crippen LogP contribution < -0.4 is 0 Å². The van der Waals surface area contributed by atoms with Crippen LogP contribution >= 0.6 is 0 Å². The van der Waals surface area contributed by atoms with Crippen LogP contribution in [0.25, 0.3) is 11.1 Å². The smallest absolute Gasteiger partial charge is 0.0352 e. The fraction of sp³-hybridized carbons (Fsp3) is 0.143. The van der Waals surface area contributed by atoms with Gasteiger partial charge in [-0.05, 0) is 39.8 Å². The summed E-state index contributed by atoms with van der Waals surface area (Å²) >= 11 is 0. The van der Waals surface area contributed by atoms with Crippen molar-refractivity contribution in [1.82, 2.24) is 0 Å². The molecule has 0 aromatic heterocycles. The minimum Gasteiger partial charge on any atom is -0.0775 e. The highest BCUT2D eigenvalue weighted by molar-refractivity contribution is 5.81. The lowest BCUT2D eigenvalue weighted by atomic mass is 9.89. The Balaban J connectivity index is 1.89. The van der Waals surface area contributed by atoms with E-state index in [1.54, 1.807) is 0 Å². The highest BCUT2D eigenvalue weighted by atomic mass is 14.3. The van der Waals surface area contributed by atoms with Gasteiger partial charge in [-0.3, -0.25) is 0 Å². The van der Waals surface area contributed by atoms with Crippen LogP contribution in [-0.2, 0) is 0 Å². The van der Waals surface area contributed by atoms with E-state index < -0.39 is 0 Å². The second-order valence-electron chi connectivity index (χ2n) is 5.70. The highest BCUT2D eigenvalue weighted by Gasteiger charge is 2.30. The summed E-state index contributed by atoms with van der Waals surface area (Å²) in [5.41, 5.74) is 8.40. The zero-order valence-corrected chi connectivity index (χ0v) is 12.2. The van der Waals surface area contributed by atoms with E-state index in [1.165, 1.54) is 33.4 Å². The van der Waals surface area contributed by atoms with Crippen molar-refractivity contribution < 1.29 is 0 Å². The van der Waals surface area contributed by atoms with Gasteiger partial charge in [-0.2, -0.15) is 0 Å². The van der Waals surface area contributed by atoms with Crippen molar-refractivity contribution in [3.63, 3.8) is 0 Å². The maximum Gasteiger partial charge on any atom is 0.0352 e. The molecule has 0 saturated heterocycles. The van der Waals surface area contributed by atoms with Crippen LogP contribution in [0.3, 0.4) is 0 Å². The van der Waals surface area contributed by atoms with E-state index in [0.29, 0.717) is 5.92 Å². The largest absolute Gasteiger partial charge is 0.0775 e. The van der Waals surface area contributed by atoms with Crippen LogP contribution in [0.15, 0.2) is 84.0 Å². The summed E-state index contributed by atoms with van der Waals surface area (Å²) in [6.07, 6.45) is 10.2. The lowest BCUT2D eigenvalue weighted by Crippen LogP contribution is -1.97.